The van der Waals surface area contributed by atoms with Gasteiger partial charge in [-0.2, -0.15) is 0 Å². The molecule has 20 heavy (non-hydrogen) atoms. The molecule has 1 heterocycles. The van der Waals surface area contributed by atoms with Gasteiger partial charge in [0.1, 0.15) is 5.60 Å². The van der Waals surface area contributed by atoms with Gasteiger partial charge in [0.05, 0.1) is 0 Å². The summed E-state index contributed by atoms with van der Waals surface area (Å²) in [5.74, 6) is 0. The standard InChI is InChI=1S/C16H28N2O2/c1-16(2,3)20-15(19)18-11-6-9-14(10-12-18)17-13-7-4-5-8-13/h4-5,13-14,17H,6-12H2,1-3H3/t14-/m1/s1. The summed E-state index contributed by atoms with van der Waals surface area (Å²) < 4.78 is 5.46. The fourth-order valence-corrected chi connectivity index (χ4v) is 2.86. The highest BCUT2D eigenvalue weighted by Crippen LogP contribution is 2.18. The lowest BCUT2D eigenvalue weighted by atomic mass is 10.1. The third-order valence-corrected chi connectivity index (χ3v) is 3.86. The summed E-state index contributed by atoms with van der Waals surface area (Å²) >= 11 is 0. The number of ether oxygens (including phenoxy) is 1. The Hall–Kier alpha value is -1.03. The summed E-state index contributed by atoms with van der Waals surface area (Å²) in [7, 11) is 0. The molecule has 1 fully saturated rings. The second-order valence-electron chi connectivity index (χ2n) is 6.90. The highest BCUT2D eigenvalue weighted by Gasteiger charge is 2.26. The molecule has 4 nitrogen and oxygen atoms in total. The van der Waals surface area contributed by atoms with E-state index in [1.54, 1.807) is 0 Å². The van der Waals surface area contributed by atoms with E-state index in [-0.39, 0.29) is 6.09 Å². The normalized spacial score (nSPS) is 24.8. The molecule has 0 saturated carbocycles. The van der Waals surface area contributed by atoms with Gasteiger partial charge in [-0.1, -0.05) is 12.2 Å². The smallest absolute Gasteiger partial charge is 0.410 e. The Morgan fingerprint density at radius 1 is 1.15 bits per heavy atom. The molecule has 1 saturated heterocycles. The predicted molar refractivity (Wildman–Crippen MR) is 80.7 cm³/mol. The number of rotatable bonds is 2. The van der Waals surface area contributed by atoms with Crippen molar-refractivity contribution in [3.63, 3.8) is 0 Å². The van der Waals surface area contributed by atoms with E-state index < -0.39 is 5.60 Å². The predicted octanol–water partition coefficient (Wildman–Crippen LogP) is 3.08. The Labute approximate surface area is 122 Å². The van der Waals surface area contributed by atoms with Crippen LogP contribution in [0, 0.1) is 0 Å². The maximum absolute atomic E-state index is 12.1. The number of nitrogens with zero attached hydrogens (tertiary/aromatic N) is 1. The molecule has 0 aromatic heterocycles. The average Bonchev–Trinajstić information content (AvgIpc) is 2.72. The van der Waals surface area contributed by atoms with Crippen LogP contribution in [0.2, 0.25) is 0 Å². The van der Waals surface area contributed by atoms with E-state index >= 15 is 0 Å². The third-order valence-electron chi connectivity index (χ3n) is 3.86. The van der Waals surface area contributed by atoms with Gasteiger partial charge in [-0.3, -0.25) is 0 Å². The van der Waals surface area contributed by atoms with Crippen molar-refractivity contribution in [2.24, 2.45) is 0 Å². The Morgan fingerprint density at radius 3 is 2.50 bits per heavy atom. The van der Waals surface area contributed by atoms with Crippen LogP contribution in [0.1, 0.15) is 52.9 Å². The van der Waals surface area contributed by atoms with Crippen LogP contribution in [-0.4, -0.2) is 41.8 Å². The largest absolute Gasteiger partial charge is 0.444 e. The first-order valence-corrected chi connectivity index (χ1v) is 7.83. The van der Waals surface area contributed by atoms with Crippen LogP contribution in [0.4, 0.5) is 4.79 Å². The van der Waals surface area contributed by atoms with Crippen molar-refractivity contribution in [2.45, 2.75) is 70.6 Å². The highest BCUT2D eigenvalue weighted by atomic mass is 16.6. The molecule has 2 rings (SSSR count). The quantitative estimate of drug-likeness (QED) is 0.790. The zero-order valence-corrected chi connectivity index (χ0v) is 13.0. The molecule has 1 aliphatic heterocycles. The third kappa shape index (κ3) is 4.82. The highest BCUT2D eigenvalue weighted by molar-refractivity contribution is 5.68. The molecule has 0 aromatic carbocycles. The minimum absolute atomic E-state index is 0.166. The first kappa shape index (κ1) is 15.4. The monoisotopic (exact) mass is 280 g/mol. The lowest BCUT2D eigenvalue weighted by molar-refractivity contribution is 0.0256. The maximum atomic E-state index is 12.1. The zero-order chi connectivity index (χ0) is 14.6. The van der Waals surface area contributed by atoms with Crippen molar-refractivity contribution in [2.75, 3.05) is 13.1 Å². The van der Waals surface area contributed by atoms with Gasteiger partial charge in [-0.05, 0) is 52.9 Å². The van der Waals surface area contributed by atoms with Gasteiger partial charge in [0.15, 0.2) is 0 Å². The molecule has 1 N–H and O–H groups in total. The molecule has 1 aliphatic carbocycles. The van der Waals surface area contributed by atoms with E-state index in [1.165, 1.54) is 0 Å². The van der Waals surface area contributed by atoms with Gasteiger partial charge in [0.25, 0.3) is 0 Å². The maximum Gasteiger partial charge on any atom is 0.410 e. The van der Waals surface area contributed by atoms with Crippen molar-refractivity contribution in [1.29, 1.82) is 0 Å². The molecule has 1 atom stereocenters. The summed E-state index contributed by atoms with van der Waals surface area (Å²) in [4.78, 5) is 14.0. The summed E-state index contributed by atoms with van der Waals surface area (Å²) in [6.45, 7) is 7.36. The van der Waals surface area contributed by atoms with Gasteiger partial charge in [0, 0.05) is 25.2 Å². The Bertz CT molecular complexity index is 352. The molecule has 0 aromatic rings. The minimum atomic E-state index is -0.406. The van der Waals surface area contributed by atoms with Crippen LogP contribution in [0.3, 0.4) is 0 Å². The Kier molecular flexibility index (Phi) is 5.08. The fourth-order valence-electron chi connectivity index (χ4n) is 2.86. The van der Waals surface area contributed by atoms with Gasteiger partial charge in [-0.15, -0.1) is 0 Å². The number of carbonyl (C=O) groups is 1. The number of amides is 1. The van der Waals surface area contributed by atoms with Crippen LogP contribution in [-0.2, 0) is 4.74 Å². The topological polar surface area (TPSA) is 41.6 Å². The van der Waals surface area contributed by atoms with Crippen molar-refractivity contribution in [3.05, 3.63) is 12.2 Å². The van der Waals surface area contributed by atoms with Crippen molar-refractivity contribution >= 4 is 6.09 Å². The molecule has 0 unspecified atom stereocenters. The minimum Gasteiger partial charge on any atom is -0.444 e. The number of likely N-dealkylation sites (tertiary alicyclic amines) is 1. The second kappa shape index (κ2) is 6.61. The number of hydrogen-bond donors (Lipinski definition) is 1. The van der Waals surface area contributed by atoms with E-state index in [0.29, 0.717) is 12.1 Å². The van der Waals surface area contributed by atoms with E-state index in [0.717, 1.165) is 45.2 Å². The van der Waals surface area contributed by atoms with E-state index in [2.05, 4.69) is 17.5 Å². The molecular weight excluding hydrogens is 252 g/mol. The van der Waals surface area contributed by atoms with Crippen LogP contribution >= 0.6 is 0 Å². The molecule has 0 bridgehead atoms. The molecule has 4 heteroatoms. The van der Waals surface area contributed by atoms with Crippen molar-refractivity contribution in [3.8, 4) is 0 Å². The van der Waals surface area contributed by atoms with E-state index in [1.807, 2.05) is 25.7 Å². The average molecular weight is 280 g/mol. The van der Waals surface area contributed by atoms with Gasteiger partial charge in [-0.25, -0.2) is 4.79 Å². The SMILES string of the molecule is CC(C)(C)OC(=O)N1CCC[C@@H](NC2CC=CC2)CC1. The fraction of sp³-hybridized carbons (Fsp3) is 0.812. The second-order valence-corrected chi connectivity index (χ2v) is 6.90. The van der Waals surface area contributed by atoms with Gasteiger partial charge < -0.3 is 15.0 Å². The molecule has 1 amide bonds. The lowest BCUT2D eigenvalue weighted by Crippen LogP contribution is -2.39. The number of nitrogens with one attached hydrogen (secondary N) is 1. The molecular formula is C16H28N2O2. The van der Waals surface area contributed by atoms with Crippen LogP contribution in [0.25, 0.3) is 0 Å². The van der Waals surface area contributed by atoms with Gasteiger partial charge in [0.2, 0.25) is 0 Å². The first-order valence-electron chi connectivity index (χ1n) is 7.83. The number of carbonyl (C=O) groups excluding carboxylic acids is 1. The van der Waals surface area contributed by atoms with Gasteiger partial charge >= 0.3 is 6.09 Å². The summed E-state index contributed by atoms with van der Waals surface area (Å²) in [6, 6.07) is 1.14. The van der Waals surface area contributed by atoms with Crippen LogP contribution in [0.5, 0.6) is 0 Å². The molecule has 0 radical (unpaired) electrons. The zero-order valence-electron chi connectivity index (χ0n) is 13.0. The van der Waals surface area contributed by atoms with Crippen molar-refractivity contribution in [1.82, 2.24) is 10.2 Å². The summed E-state index contributed by atoms with van der Waals surface area (Å²) in [6.07, 6.45) is 9.85. The van der Waals surface area contributed by atoms with Crippen molar-refractivity contribution < 1.29 is 9.53 Å². The number of hydrogen-bond acceptors (Lipinski definition) is 3. The molecule has 114 valence electrons. The summed E-state index contributed by atoms with van der Waals surface area (Å²) in [5.41, 5.74) is -0.406. The Balaban J connectivity index is 1.78. The van der Waals surface area contributed by atoms with E-state index in [9.17, 15) is 4.79 Å². The van der Waals surface area contributed by atoms with E-state index in [4.69, 9.17) is 4.74 Å². The lowest BCUT2D eigenvalue weighted by Gasteiger charge is -2.26. The van der Waals surface area contributed by atoms with Crippen LogP contribution in [0.15, 0.2) is 12.2 Å². The first-order chi connectivity index (χ1) is 9.44. The molecule has 2 aliphatic rings. The summed E-state index contributed by atoms with van der Waals surface area (Å²) in [5, 5.41) is 3.72. The Morgan fingerprint density at radius 2 is 1.85 bits per heavy atom. The molecule has 0 spiro atoms. The van der Waals surface area contributed by atoms with Crippen LogP contribution < -0.4 is 5.32 Å².